The van der Waals surface area contributed by atoms with Crippen LogP contribution in [0.5, 0.6) is 0 Å². The molecule has 0 aliphatic carbocycles. The fourth-order valence-electron chi connectivity index (χ4n) is 2.09. The van der Waals surface area contributed by atoms with Crippen LogP contribution in [-0.4, -0.2) is 22.6 Å². The molecule has 2 aromatic rings. The van der Waals surface area contributed by atoms with Gasteiger partial charge in [-0.3, -0.25) is 4.98 Å². The topological polar surface area (TPSA) is 41.1 Å². The molecule has 0 aliphatic rings. The second-order valence-corrected chi connectivity index (χ2v) is 5.36. The molecule has 0 radical (unpaired) electrons. The third-order valence-electron chi connectivity index (χ3n) is 3.27. The van der Waals surface area contributed by atoms with Crippen LogP contribution in [0.25, 0.3) is 0 Å². The van der Waals surface area contributed by atoms with Gasteiger partial charge in [0.25, 0.3) is 0 Å². The van der Waals surface area contributed by atoms with Crippen molar-refractivity contribution in [1.29, 1.82) is 0 Å². The number of hydrogen-bond donors (Lipinski definition) is 1. The van der Waals surface area contributed by atoms with E-state index >= 15 is 0 Å². The van der Waals surface area contributed by atoms with Crippen LogP contribution in [0.3, 0.4) is 0 Å². The van der Waals surface area contributed by atoms with Crippen molar-refractivity contribution in [2.24, 2.45) is 0 Å². The molecule has 0 atom stereocenters. The van der Waals surface area contributed by atoms with E-state index in [0.717, 1.165) is 36.8 Å². The minimum absolute atomic E-state index is 0.464. The Bertz CT molecular complexity index is 539. The number of nitrogens with zero attached hydrogens (tertiary/aromatic N) is 3. The molecule has 21 heavy (non-hydrogen) atoms. The van der Waals surface area contributed by atoms with Gasteiger partial charge in [0.1, 0.15) is 5.82 Å². The predicted molar refractivity (Wildman–Crippen MR) is 87.2 cm³/mol. The summed E-state index contributed by atoms with van der Waals surface area (Å²) in [6.45, 7) is 8.92. The first-order valence-corrected chi connectivity index (χ1v) is 7.53. The van der Waals surface area contributed by atoms with E-state index in [1.807, 2.05) is 24.4 Å². The lowest BCUT2D eigenvalue weighted by atomic mass is 10.3. The van der Waals surface area contributed by atoms with E-state index in [9.17, 15) is 0 Å². The van der Waals surface area contributed by atoms with E-state index in [4.69, 9.17) is 4.98 Å². The van der Waals surface area contributed by atoms with Gasteiger partial charge in [-0.25, -0.2) is 4.98 Å². The lowest BCUT2D eigenvalue weighted by molar-refractivity contribution is 0.581. The maximum Gasteiger partial charge on any atom is 0.129 e. The second-order valence-electron chi connectivity index (χ2n) is 5.36. The Morgan fingerprint density at radius 2 is 1.90 bits per heavy atom. The molecule has 4 heteroatoms. The molecule has 0 saturated heterocycles. The van der Waals surface area contributed by atoms with Crippen molar-refractivity contribution in [3.63, 3.8) is 0 Å². The normalized spacial score (nSPS) is 10.9. The largest absolute Gasteiger partial charge is 0.351 e. The zero-order valence-corrected chi connectivity index (χ0v) is 13.1. The van der Waals surface area contributed by atoms with Crippen LogP contribution >= 0.6 is 0 Å². The first-order valence-electron chi connectivity index (χ1n) is 7.53. The van der Waals surface area contributed by atoms with E-state index < -0.39 is 0 Å². The first-order chi connectivity index (χ1) is 10.2. The quantitative estimate of drug-likeness (QED) is 0.848. The van der Waals surface area contributed by atoms with Gasteiger partial charge in [0, 0.05) is 25.3 Å². The molecular formula is C17H24N4. The molecule has 0 saturated carbocycles. The Morgan fingerprint density at radius 3 is 2.57 bits per heavy atom. The Balaban J connectivity index is 2.09. The molecule has 1 N–H and O–H groups in total. The average Bonchev–Trinajstić information content (AvgIpc) is 2.52. The highest BCUT2D eigenvalue weighted by molar-refractivity contribution is 5.39. The van der Waals surface area contributed by atoms with Crippen LogP contribution < -0.4 is 10.2 Å². The Labute approximate surface area is 127 Å². The van der Waals surface area contributed by atoms with Crippen molar-refractivity contribution in [2.75, 3.05) is 11.4 Å². The summed E-state index contributed by atoms with van der Waals surface area (Å²) in [7, 11) is 0. The smallest absolute Gasteiger partial charge is 0.129 e. The highest BCUT2D eigenvalue weighted by Crippen LogP contribution is 2.14. The molecule has 0 fully saturated rings. The van der Waals surface area contributed by atoms with Crippen molar-refractivity contribution in [3.8, 4) is 0 Å². The van der Waals surface area contributed by atoms with Crippen molar-refractivity contribution in [1.82, 2.24) is 15.3 Å². The maximum absolute atomic E-state index is 4.75. The molecule has 0 unspecified atom stereocenters. The monoisotopic (exact) mass is 284 g/mol. The minimum Gasteiger partial charge on any atom is -0.351 e. The second kappa shape index (κ2) is 7.74. The molecule has 2 rings (SSSR count). The molecule has 2 heterocycles. The van der Waals surface area contributed by atoms with Crippen LogP contribution in [0.1, 0.15) is 32.2 Å². The van der Waals surface area contributed by atoms with Crippen molar-refractivity contribution in [3.05, 3.63) is 54.0 Å². The number of pyridine rings is 2. The summed E-state index contributed by atoms with van der Waals surface area (Å²) in [5, 5.41) is 3.40. The van der Waals surface area contributed by atoms with E-state index in [1.165, 1.54) is 0 Å². The zero-order chi connectivity index (χ0) is 15.1. The Kier molecular flexibility index (Phi) is 5.69. The molecular weight excluding hydrogens is 260 g/mol. The average molecular weight is 284 g/mol. The number of hydrogen-bond acceptors (Lipinski definition) is 4. The number of nitrogens with one attached hydrogen (secondary N) is 1. The molecule has 112 valence electrons. The third-order valence-corrected chi connectivity index (χ3v) is 3.27. The summed E-state index contributed by atoms with van der Waals surface area (Å²) in [5.74, 6) is 1.01. The minimum atomic E-state index is 0.464. The van der Waals surface area contributed by atoms with Crippen LogP contribution in [0, 0.1) is 0 Å². The molecule has 4 nitrogen and oxygen atoms in total. The summed E-state index contributed by atoms with van der Waals surface area (Å²) in [4.78, 5) is 11.4. The fraction of sp³-hybridized carbons (Fsp3) is 0.412. The number of rotatable bonds is 7. The van der Waals surface area contributed by atoms with Gasteiger partial charge in [0.15, 0.2) is 0 Å². The van der Waals surface area contributed by atoms with Gasteiger partial charge < -0.3 is 10.2 Å². The molecule has 0 amide bonds. The van der Waals surface area contributed by atoms with E-state index in [2.05, 4.69) is 54.2 Å². The van der Waals surface area contributed by atoms with Gasteiger partial charge in [0.2, 0.25) is 0 Å². The summed E-state index contributed by atoms with van der Waals surface area (Å²) in [5.41, 5.74) is 2.13. The number of anilines is 1. The van der Waals surface area contributed by atoms with Crippen LogP contribution in [0.4, 0.5) is 5.82 Å². The van der Waals surface area contributed by atoms with Crippen molar-refractivity contribution >= 4 is 5.82 Å². The third kappa shape index (κ3) is 4.83. The van der Waals surface area contributed by atoms with E-state index in [0.29, 0.717) is 6.04 Å². The van der Waals surface area contributed by atoms with Gasteiger partial charge in [-0.05, 0) is 31.2 Å². The highest BCUT2D eigenvalue weighted by atomic mass is 15.2. The van der Waals surface area contributed by atoms with Crippen LogP contribution in [-0.2, 0) is 13.1 Å². The molecule has 0 aliphatic heterocycles. The molecule has 2 aromatic heterocycles. The van der Waals surface area contributed by atoms with Gasteiger partial charge in [-0.1, -0.05) is 26.0 Å². The fourth-order valence-corrected chi connectivity index (χ4v) is 2.09. The zero-order valence-electron chi connectivity index (χ0n) is 13.1. The maximum atomic E-state index is 4.75. The van der Waals surface area contributed by atoms with E-state index in [-0.39, 0.29) is 0 Å². The van der Waals surface area contributed by atoms with Gasteiger partial charge in [0.05, 0.1) is 17.9 Å². The Hall–Kier alpha value is -1.94. The van der Waals surface area contributed by atoms with Crippen LogP contribution in [0.15, 0.2) is 42.6 Å². The van der Waals surface area contributed by atoms with Crippen LogP contribution in [0.2, 0.25) is 0 Å². The lowest BCUT2D eigenvalue weighted by Gasteiger charge is -2.22. The first kappa shape index (κ1) is 15.4. The van der Waals surface area contributed by atoms with Gasteiger partial charge in [-0.2, -0.15) is 0 Å². The van der Waals surface area contributed by atoms with Crippen molar-refractivity contribution in [2.45, 2.75) is 39.9 Å². The molecule has 0 aromatic carbocycles. The molecule has 0 spiro atoms. The standard InChI is InChI=1S/C17H24N4/c1-4-21(13-16-8-5-6-11-18-16)17-10-7-9-15(20-17)12-19-14(2)3/h5-11,14,19H,4,12-13H2,1-3H3. The SMILES string of the molecule is CCN(Cc1ccccn1)c1cccc(CNC(C)C)n1. The summed E-state index contributed by atoms with van der Waals surface area (Å²) in [6.07, 6.45) is 1.83. The van der Waals surface area contributed by atoms with Gasteiger partial charge in [-0.15, -0.1) is 0 Å². The summed E-state index contributed by atoms with van der Waals surface area (Å²) < 4.78 is 0. The lowest BCUT2D eigenvalue weighted by Crippen LogP contribution is -2.25. The van der Waals surface area contributed by atoms with Gasteiger partial charge >= 0.3 is 0 Å². The Morgan fingerprint density at radius 1 is 1.10 bits per heavy atom. The summed E-state index contributed by atoms with van der Waals surface area (Å²) in [6, 6.07) is 12.7. The van der Waals surface area contributed by atoms with Crippen molar-refractivity contribution < 1.29 is 0 Å². The predicted octanol–water partition coefficient (Wildman–Crippen LogP) is 3.00. The molecule has 0 bridgehead atoms. The highest BCUT2D eigenvalue weighted by Gasteiger charge is 2.08. The number of aromatic nitrogens is 2. The summed E-state index contributed by atoms with van der Waals surface area (Å²) >= 11 is 0. The van der Waals surface area contributed by atoms with E-state index in [1.54, 1.807) is 0 Å².